The van der Waals surface area contributed by atoms with Crippen LogP contribution in [0.4, 0.5) is 11.4 Å². The molecule has 4 rings (SSSR count). The van der Waals surface area contributed by atoms with Crippen LogP contribution in [0.1, 0.15) is 18.6 Å². The zero-order valence-electron chi connectivity index (χ0n) is 17.7. The van der Waals surface area contributed by atoms with Gasteiger partial charge in [0.15, 0.2) is 11.4 Å². The largest absolute Gasteiger partial charge is 0.454 e. The highest BCUT2D eigenvalue weighted by molar-refractivity contribution is 6.12. The van der Waals surface area contributed by atoms with Crippen LogP contribution in [0.5, 0.6) is 0 Å². The highest BCUT2D eigenvalue weighted by Crippen LogP contribution is 2.33. The molecule has 7 nitrogen and oxygen atoms in total. The van der Waals surface area contributed by atoms with Crippen LogP contribution in [0.3, 0.4) is 0 Å². The Bertz CT molecular complexity index is 1060. The number of hydrogen-bond donors (Lipinski definition) is 1. The Hall–Kier alpha value is -3.63. The lowest BCUT2D eigenvalue weighted by Gasteiger charge is -2.37. The fourth-order valence-corrected chi connectivity index (χ4v) is 3.67. The molecule has 0 amide bonds. The Morgan fingerprint density at radius 1 is 1.10 bits per heavy atom. The fraction of sp³-hybridized carbons (Fsp3) is 0.292. The van der Waals surface area contributed by atoms with Crippen LogP contribution in [0.25, 0.3) is 0 Å². The number of ether oxygens (including phenoxy) is 1. The van der Waals surface area contributed by atoms with E-state index in [9.17, 15) is 10.1 Å². The van der Waals surface area contributed by atoms with E-state index in [4.69, 9.17) is 9.73 Å². The van der Waals surface area contributed by atoms with E-state index in [1.165, 1.54) is 0 Å². The minimum atomic E-state index is -0.664. The second-order valence-electron chi connectivity index (χ2n) is 7.69. The molecular weight excluding hydrogens is 390 g/mol. The molecule has 2 aromatic carbocycles. The van der Waals surface area contributed by atoms with Crippen molar-refractivity contribution in [1.82, 2.24) is 9.80 Å². The van der Waals surface area contributed by atoms with E-state index in [0.29, 0.717) is 11.5 Å². The van der Waals surface area contributed by atoms with E-state index in [-0.39, 0.29) is 5.57 Å². The summed E-state index contributed by atoms with van der Waals surface area (Å²) in [6, 6.07) is 19.1. The van der Waals surface area contributed by atoms with Gasteiger partial charge < -0.3 is 19.9 Å². The summed E-state index contributed by atoms with van der Waals surface area (Å²) in [5.41, 5.74) is 2.73. The van der Waals surface area contributed by atoms with Gasteiger partial charge in [0.1, 0.15) is 17.9 Å². The molecule has 0 spiro atoms. The first-order valence-electron chi connectivity index (χ1n) is 10.4. The van der Waals surface area contributed by atoms with Crippen LogP contribution in [-0.2, 0) is 9.53 Å². The second-order valence-corrected chi connectivity index (χ2v) is 7.69. The van der Waals surface area contributed by atoms with Gasteiger partial charge in [0.2, 0.25) is 0 Å². The molecule has 7 heteroatoms. The lowest BCUT2D eigenvalue weighted by Crippen LogP contribution is -2.49. The van der Waals surface area contributed by atoms with Crippen LogP contribution in [-0.4, -0.2) is 54.8 Å². The molecule has 1 atom stereocenters. The van der Waals surface area contributed by atoms with Crippen molar-refractivity contribution in [2.24, 2.45) is 4.99 Å². The number of anilines is 1. The molecule has 0 aliphatic carbocycles. The summed E-state index contributed by atoms with van der Waals surface area (Å²) in [7, 11) is 2.08. The van der Waals surface area contributed by atoms with Crippen molar-refractivity contribution >= 4 is 23.2 Å². The number of nitriles is 1. The lowest BCUT2D eigenvalue weighted by atomic mass is 10.1. The third-order valence-corrected chi connectivity index (χ3v) is 5.54. The van der Waals surface area contributed by atoms with Gasteiger partial charge in [-0.3, -0.25) is 0 Å². The molecule has 0 saturated carbocycles. The van der Waals surface area contributed by atoms with Crippen molar-refractivity contribution in [2.75, 3.05) is 38.5 Å². The summed E-state index contributed by atoms with van der Waals surface area (Å²) in [6.07, 6.45) is -0.474. The summed E-state index contributed by atoms with van der Waals surface area (Å²) in [4.78, 5) is 22.2. The molecule has 0 aromatic heterocycles. The van der Waals surface area contributed by atoms with Crippen molar-refractivity contribution in [2.45, 2.75) is 13.0 Å². The van der Waals surface area contributed by atoms with Gasteiger partial charge in [-0.2, -0.15) is 5.26 Å². The minimum Gasteiger partial charge on any atom is -0.454 e. The van der Waals surface area contributed by atoms with Gasteiger partial charge in [-0.15, -0.1) is 0 Å². The number of carbonyl (C=O) groups is 1. The van der Waals surface area contributed by atoms with Crippen LogP contribution in [0.15, 0.2) is 70.9 Å². The maximum Gasteiger partial charge on any atom is 0.351 e. The molecule has 158 valence electrons. The molecule has 0 radical (unpaired) electrons. The van der Waals surface area contributed by atoms with Gasteiger partial charge in [-0.05, 0) is 31.7 Å². The first-order chi connectivity index (χ1) is 15.1. The number of hydrogen-bond acceptors (Lipinski definition) is 7. The first kappa shape index (κ1) is 20.6. The van der Waals surface area contributed by atoms with Crippen molar-refractivity contribution in [3.63, 3.8) is 0 Å². The molecule has 1 fully saturated rings. The quantitative estimate of drug-likeness (QED) is 0.470. The van der Waals surface area contributed by atoms with E-state index < -0.39 is 12.1 Å². The summed E-state index contributed by atoms with van der Waals surface area (Å²) >= 11 is 0. The molecule has 2 aromatic rings. The monoisotopic (exact) mass is 415 g/mol. The van der Waals surface area contributed by atoms with E-state index in [0.717, 1.165) is 43.1 Å². The molecule has 2 heterocycles. The van der Waals surface area contributed by atoms with Gasteiger partial charge in [-0.1, -0.05) is 42.5 Å². The van der Waals surface area contributed by atoms with Crippen LogP contribution in [0, 0.1) is 11.3 Å². The maximum absolute atomic E-state index is 13.0. The van der Waals surface area contributed by atoms with Gasteiger partial charge in [-0.25, -0.2) is 9.79 Å². The number of nitrogens with one attached hydrogen (secondary N) is 1. The Balaban J connectivity index is 1.69. The summed E-state index contributed by atoms with van der Waals surface area (Å²) in [5.74, 6) is -0.0600. The standard InChI is InChI=1S/C24H25N5O2/c1-17(18-8-4-3-5-9-18)31-24(30)19(16-25)22-23(29-14-12-28(2)13-15-29)27-21-11-7-6-10-20(21)26-22/h3-11,17,26H,12-15H2,1-2H3/b22-19-. The summed E-state index contributed by atoms with van der Waals surface area (Å²) < 4.78 is 5.64. The number of likely N-dealkylation sites (N-methyl/N-ethyl adjacent to an activating group) is 1. The fourth-order valence-electron chi connectivity index (χ4n) is 3.67. The third-order valence-electron chi connectivity index (χ3n) is 5.54. The normalized spacial score (nSPS) is 18.7. The number of nitrogens with zero attached hydrogens (tertiary/aromatic N) is 4. The van der Waals surface area contributed by atoms with Crippen molar-refractivity contribution in [3.05, 3.63) is 71.4 Å². The van der Waals surface area contributed by atoms with Crippen molar-refractivity contribution < 1.29 is 9.53 Å². The van der Waals surface area contributed by atoms with Crippen LogP contribution >= 0.6 is 0 Å². The molecule has 1 unspecified atom stereocenters. The average Bonchev–Trinajstić information content (AvgIpc) is 2.80. The average molecular weight is 415 g/mol. The van der Waals surface area contributed by atoms with Gasteiger partial charge in [0.25, 0.3) is 0 Å². The number of benzene rings is 2. The van der Waals surface area contributed by atoms with Gasteiger partial charge in [0, 0.05) is 26.2 Å². The van der Waals surface area contributed by atoms with E-state index >= 15 is 0 Å². The first-order valence-corrected chi connectivity index (χ1v) is 10.4. The number of aliphatic imine (C=N–C) groups is 1. The second kappa shape index (κ2) is 9.02. The highest BCUT2D eigenvalue weighted by atomic mass is 16.5. The van der Waals surface area contributed by atoms with Gasteiger partial charge >= 0.3 is 5.97 Å². The predicted molar refractivity (Wildman–Crippen MR) is 120 cm³/mol. The van der Waals surface area contributed by atoms with Crippen LogP contribution in [0.2, 0.25) is 0 Å². The molecule has 2 aliphatic rings. The number of amidine groups is 1. The third kappa shape index (κ3) is 4.44. The lowest BCUT2D eigenvalue weighted by molar-refractivity contribution is -0.143. The number of para-hydroxylation sites is 2. The Morgan fingerprint density at radius 2 is 1.77 bits per heavy atom. The smallest absolute Gasteiger partial charge is 0.351 e. The number of fused-ring (bicyclic) bond motifs is 1. The Morgan fingerprint density at radius 3 is 2.48 bits per heavy atom. The van der Waals surface area contributed by atoms with E-state index in [1.54, 1.807) is 6.92 Å². The molecule has 2 aliphatic heterocycles. The predicted octanol–water partition coefficient (Wildman–Crippen LogP) is 3.47. The maximum atomic E-state index is 13.0. The summed E-state index contributed by atoms with van der Waals surface area (Å²) in [6.45, 7) is 5.08. The van der Waals surface area contributed by atoms with Gasteiger partial charge in [0.05, 0.1) is 11.4 Å². The zero-order chi connectivity index (χ0) is 21.8. The molecular formula is C24H25N5O2. The topological polar surface area (TPSA) is 81.0 Å². The Labute approximate surface area is 182 Å². The summed E-state index contributed by atoms with van der Waals surface area (Å²) in [5, 5.41) is 13.2. The Kier molecular flexibility index (Phi) is 6.01. The molecule has 0 bridgehead atoms. The number of esters is 1. The SMILES string of the molecule is CC(OC(=O)/C(C#N)=C1\Nc2ccccc2N=C1N1CCN(C)CC1)c1ccccc1. The van der Waals surface area contributed by atoms with Crippen LogP contribution < -0.4 is 5.32 Å². The van der Waals surface area contributed by atoms with Crippen molar-refractivity contribution in [1.29, 1.82) is 5.26 Å². The number of carbonyl (C=O) groups excluding carboxylic acids is 1. The zero-order valence-corrected chi connectivity index (χ0v) is 17.7. The van der Waals surface area contributed by atoms with Crippen molar-refractivity contribution in [3.8, 4) is 6.07 Å². The number of piperazine rings is 1. The molecule has 1 saturated heterocycles. The van der Waals surface area contributed by atoms with E-state index in [2.05, 4.69) is 28.2 Å². The molecule has 1 N–H and O–H groups in total. The highest BCUT2D eigenvalue weighted by Gasteiger charge is 2.30. The number of rotatable bonds is 3. The molecule has 31 heavy (non-hydrogen) atoms. The van der Waals surface area contributed by atoms with E-state index in [1.807, 2.05) is 54.6 Å². The minimum absolute atomic E-state index is 0.0741.